The van der Waals surface area contributed by atoms with E-state index in [0.29, 0.717) is 0 Å². The first-order chi connectivity index (χ1) is 10.2. The van der Waals surface area contributed by atoms with Crippen molar-refractivity contribution in [2.75, 3.05) is 6.54 Å². The zero-order valence-electron chi connectivity index (χ0n) is 12.4. The van der Waals surface area contributed by atoms with Crippen LogP contribution in [0.3, 0.4) is 0 Å². The minimum atomic E-state index is -1.55. The topological polar surface area (TPSA) is 142 Å². The van der Waals surface area contributed by atoms with Gasteiger partial charge in [-0.25, -0.2) is 4.79 Å². The van der Waals surface area contributed by atoms with Gasteiger partial charge in [0, 0.05) is 0 Å². The number of rotatable bonds is 6. The molecular formula is C13H21N3O6. The molecule has 22 heavy (non-hydrogen) atoms. The van der Waals surface area contributed by atoms with Gasteiger partial charge < -0.3 is 30.9 Å². The Kier molecular flexibility index (Phi) is 4.69. The molecule has 2 fully saturated rings. The Morgan fingerprint density at radius 2 is 2.09 bits per heavy atom. The molecule has 0 aromatic carbocycles. The van der Waals surface area contributed by atoms with Gasteiger partial charge >= 0.3 is 5.97 Å². The van der Waals surface area contributed by atoms with Crippen LogP contribution in [0.5, 0.6) is 0 Å². The van der Waals surface area contributed by atoms with E-state index in [1.54, 1.807) is 13.8 Å². The number of aliphatic hydroxyl groups is 1. The van der Waals surface area contributed by atoms with Crippen LogP contribution in [0.15, 0.2) is 0 Å². The largest absolute Gasteiger partial charge is 0.480 e. The van der Waals surface area contributed by atoms with E-state index in [0.717, 1.165) is 0 Å². The van der Waals surface area contributed by atoms with Crippen molar-refractivity contribution in [2.45, 2.75) is 50.8 Å². The van der Waals surface area contributed by atoms with Gasteiger partial charge in [0.25, 0.3) is 0 Å². The number of ether oxygens (including phenoxy) is 1. The van der Waals surface area contributed by atoms with Crippen LogP contribution in [-0.4, -0.2) is 70.0 Å². The van der Waals surface area contributed by atoms with Crippen molar-refractivity contribution in [2.24, 2.45) is 11.7 Å². The van der Waals surface area contributed by atoms with E-state index < -0.39 is 42.4 Å². The van der Waals surface area contributed by atoms with Crippen molar-refractivity contribution in [3.8, 4) is 0 Å². The molecule has 2 aliphatic heterocycles. The zero-order valence-corrected chi connectivity index (χ0v) is 12.4. The molecule has 5 N–H and O–H groups in total. The maximum Gasteiger partial charge on any atom is 0.329 e. The number of hydrogen-bond donors (Lipinski definition) is 4. The minimum Gasteiger partial charge on any atom is -0.480 e. The molecule has 9 heteroatoms. The van der Waals surface area contributed by atoms with Crippen LogP contribution in [0.1, 0.15) is 20.3 Å². The molecular weight excluding hydrogens is 294 g/mol. The Bertz CT molecular complexity index is 482. The number of amides is 2. The van der Waals surface area contributed by atoms with E-state index in [1.807, 2.05) is 0 Å². The third-order valence-corrected chi connectivity index (χ3v) is 4.03. The van der Waals surface area contributed by atoms with E-state index in [2.05, 4.69) is 5.32 Å². The van der Waals surface area contributed by atoms with E-state index in [4.69, 9.17) is 10.5 Å². The van der Waals surface area contributed by atoms with Crippen molar-refractivity contribution in [1.82, 2.24) is 10.2 Å². The average molecular weight is 315 g/mol. The highest BCUT2D eigenvalue weighted by molar-refractivity contribution is 5.87. The highest BCUT2D eigenvalue weighted by Gasteiger charge is 2.49. The molecule has 4 unspecified atom stereocenters. The molecule has 0 spiro atoms. The molecule has 0 bridgehead atoms. The lowest BCUT2D eigenvalue weighted by molar-refractivity contribution is -0.161. The maximum atomic E-state index is 11.9. The summed E-state index contributed by atoms with van der Waals surface area (Å²) in [5, 5.41) is 21.7. The molecule has 0 saturated carbocycles. The van der Waals surface area contributed by atoms with Gasteiger partial charge in [0.15, 0.2) is 6.04 Å². The maximum absolute atomic E-state index is 11.9. The Balaban J connectivity index is 2.00. The first-order valence-electron chi connectivity index (χ1n) is 7.14. The molecule has 124 valence electrons. The normalized spacial score (nSPS) is 27.9. The zero-order chi connectivity index (χ0) is 16.6. The van der Waals surface area contributed by atoms with E-state index in [-0.39, 0.29) is 24.8 Å². The van der Waals surface area contributed by atoms with E-state index >= 15 is 0 Å². The van der Waals surface area contributed by atoms with Gasteiger partial charge in [0.1, 0.15) is 18.4 Å². The third kappa shape index (κ3) is 3.06. The Morgan fingerprint density at radius 1 is 1.45 bits per heavy atom. The number of carbonyl (C=O) groups excluding carboxylic acids is 2. The van der Waals surface area contributed by atoms with Gasteiger partial charge in [-0.05, 0) is 5.92 Å². The van der Waals surface area contributed by atoms with Crippen molar-refractivity contribution in [1.29, 1.82) is 0 Å². The second kappa shape index (κ2) is 6.19. The molecule has 0 aromatic rings. The number of nitrogens with zero attached hydrogens (tertiary/aromatic N) is 1. The number of carbonyl (C=O) groups is 3. The summed E-state index contributed by atoms with van der Waals surface area (Å²) < 4.78 is 5.42. The lowest BCUT2D eigenvalue weighted by atomic mass is 10.0. The van der Waals surface area contributed by atoms with Crippen LogP contribution < -0.4 is 11.1 Å². The second-order valence-corrected chi connectivity index (χ2v) is 5.96. The summed E-state index contributed by atoms with van der Waals surface area (Å²) in [6, 6.07) is -2.42. The molecule has 0 aliphatic carbocycles. The molecule has 0 radical (unpaired) electrons. The Morgan fingerprint density at radius 3 is 2.55 bits per heavy atom. The first-order valence-corrected chi connectivity index (χ1v) is 7.14. The fraction of sp³-hybridized carbons (Fsp3) is 0.769. The molecule has 2 aliphatic rings. The summed E-state index contributed by atoms with van der Waals surface area (Å²) >= 11 is 0. The van der Waals surface area contributed by atoms with Gasteiger partial charge in [0.2, 0.25) is 11.8 Å². The lowest BCUT2D eigenvalue weighted by Gasteiger charge is -2.31. The summed E-state index contributed by atoms with van der Waals surface area (Å²) in [5.41, 5.74) is 5.66. The number of nitrogens with one attached hydrogen (secondary N) is 1. The smallest absolute Gasteiger partial charge is 0.329 e. The quantitative estimate of drug-likeness (QED) is 0.410. The first kappa shape index (κ1) is 16.7. The number of carboxylic acid groups (broad SMARTS) is 1. The molecule has 5 atom stereocenters. The standard InChI is InChI=1S/C13H21N3O6/c1-5(2)9(14)12(19)15-10(13(20)21)11(18)6-4-16-7(17)3-8(16)22-6/h5-6,8-11,18H,3-4,14H2,1-2H3,(H,15,19)(H,20,21)/t6?,8?,9-,10?,11?/m0/s1. The minimum absolute atomic E-state index is 0.0996. The Labute approximate surface area is 127 Å². The van der Waals surface area contributed by atoms with E-state index in [1.165, 1.54) is 4.90 Å². The van der Waals surface area contributed by atoms with Crippen molar-refractivity contribution in [3.63, 3.8) is 0 Å². The molecule has 9 nitrogen and oxygen atoms in total. The van der Waals surface area contributed by atoms with Gasteiger partial charge in [-0.15, -0.1) is 0 Å². The van der Waals surface area contributed by atoms with E-state index in [9.17, 15) is 24.6 Å². The molecule has 2 rings (SSSR count). The predicted molar refractivity (Wildman–Crippen MR) is 73.4 cm³/mol. The van der Waals surface area contributed by atoms with Gasteiger partial charge in [-0.2, -0.15) is 0 Å². The van der Waals surface area contributed by atoms with Crippen LogP contribution in [0.25, 0.3) is 0 Å². The van der Waals surface area contributed by atoms with Gasteiger partial charge in [-0.3, -0.25) is 9.59 Å². The number of nitrogens with two attached hydrogens (primary N) is 1. The van der Waals surface area contributed by atoms with Crippen LogP contribution in [0.2, 0.25) is 0 Å². The van der Waals surface area contributed by atoms with Crippen molar-refractivity contribution >= 4 is 17.8 Å². The Hall–Kier alpha value is -1.71. The number of aliphatic carboxylic acids is 1. The van der Waals surface area contributed by atoms with Crippen molar-refractivity contribution < 1.29 is 29.3 Å². The van der Waals surface area contributed by atoms with Gasteiger partial charge in [-0.1, -0.05) is 13.8 Å². The second-order valence-electron chi connectivity index (χ2n) is 5.96. The number of fused-ring (bicyclic) bond motifs is 1. The average Bonchev–Trinajstić information content (AvgIpc) is 2.79. The summed E-state index contributed by atoms with van der Waals surface area (Å²) in [4.78, 5) is 35.9. The monoisotopic (exact) mass is 315 g/mol. The summed E-state index contributed by atoms with van der Waals surface area (Å²) in [6.45, 7) is 3.57. The summed E-state index contributed by atoms with van der Waals surface area (Å²) in [6.07, 6.45) is -2.51. The fourth-order valence-corrected chi connectivity index (χ4v) is 2.45. The molecule has 2 amide bonds. The number of β-lactam (4-membered cyclic amide) rings is 1. The van der Waals surface area contributed by atoms with Gasteiger partial charge in [0.05, 0.1) is 19.0 Å². The third-order valence-electron chi connectivity index (χ3n) is 4.03. The number of aliphatic hydroxyl groups excluding tert-OH is 1. The van der Waals surface area contributed by atoms with Crippen LogP contribution in [0.4, 0.5) is 0 Å². The molecule has 2 heterocycles. The number of carboxylic acids is 1. The molecule has 2 saturated heterocycles. The lowest BCUT2D eigenvalue weighted by Crippen LogP contribution is -2.57. The summed E-state index contributed by atoms with van der Waals surface area (Å²) in [5.74, 6) is -2.31. The highest BCUT2D eigenvalue weighted by atomic mass is 16.5. The van der Waals surface area contributed by atoms with Crippen LogP contribution >= 0.6 is 0 Å². The number of hydrogen-bond acceptors (Lipinski definition) is 6. The molecule has 0 aromatic heterocycles. The SMILES string of the molecule is CC(C)[C@H](N)C(=O)NC(C(=O)O)C(O)C1CN2C(=O)CC2O1. The predicted octanol–water partition coefficient (Wildman–Crippen LogP) is -2.14. The fourth-order valence-electron chi connectivity index (χ4n) is 2.45. The van der Waals surface area contributed by atoms with Crippen LogP contribution in [-0.2, 0) is 19.1 Å². The highest BCUT2D eigenvalue weighted by Crippen LogP contribution is 2.30. The summed E-state index contributed by atoms with van der Waals surface area (Å²) in [7, 11) is 0. The van der Waals surface area contributed by atoms with Crippen molar-refractivity contribution in [3.05, 3.63) is 0 Å². The van der Waals surface area contributed by atoms with Crippen LogP contribution in [0, 0.1) is 5.92 Å².